The van der Waals surface area contributed by atoms with Crippen molar-refractivity contribution in [2.75, 3.05) is 13.6 Å². The summed E-state index contributed by atoms with van der Waals surface area (Å²) in [5.41, 5.74) is -0.290. The third-order valence-corrected chi connectivity index (χ3v) is 2.14. The van der Waals surface area contributed by atoms with Crippen LogP contribution in [0.3, 0.4) is 0 Å². The smallest absolute Gasteiger partial charge is 0.253 e. The molecule has 0 atom stereocenters. The zero-order valence-electron chi connectivity index (χ0n) is 9.01. The summed E-state index contributed by atoms with van der Waals surface area (Å²) in [6.45, 7) is 0.135. The van der Waals surface area contributed by atoms with Crippen LogP contribution < -0.4 is 0 Å². The van der Waals surface area contributed by atoms with Crippen molar-refractivity contribution in [2.45, 2.75) is 6.42 Å². The van der Waals surface area contributed by atoms with Crippen molar-refractivity contribution >= 4 is 5.91 Å². The molecule has 1 amide bonds. The highest BCUT2D eigenvalue weighted by molar-refractivity contribution is 5.94. The molecule has 90 valence electrons. The Morgan fingerprint density at radius 1 is 1.35 bits per heavy atom. The second kappa shape index (κ2) is 5.34. The van der Waals surface area contributed by atoms with E-state index in [1.54, 1.807) is 0 Å². The van der Waals surface area contributed by atoms with E-state index in [2.05, 4.69) is 0 Å². The Labute approximate surface area is 96.1 Å². The van der Waals surface area contributed by atoms with E-state index in [9.17, 15) is 18.0 Å². The van der Waals surface area contributed by atoms with Crippen LogP contribution in [0.25, 0.3) is 0 Å². The fraction of sp³-hybridized carbons (Fsp3) is 0.273. The van der Waals surface area contributed by atoms with Gasteiger partial charge >= 0.3 is 0 Å². The lowest BCUT2D eigenvalue weighted by molar-refractivity contribution is 0.0796. The number of amides is 1. The van der Waals surface area contributed by atoms with Gasteiger partial charge in [0.1, 0.15) is 0 Å². The predicted molar refractivity (Wildman–Crippen MR) is 53.5 cm³/mol. The van der Waals surface area contributed by atoms with Crippen molar-refractivity contribution in [3.8, 4) is 6.07 Å². The molecule has 0 aliphatic heterocycles. The maximum Gasteiger partial charge on any atom is 0.253 e. The van der Waals surface area contributed by atoms with E-state index in [0.29, 0.717) is 12.1 Å². The molecule has 0 aliphatic rings. The molecule has 17 heavy (non-hydrogen) atoms. The second-order valence-electron chi connectivity index (χ2n) is 3.39. The number of halogens is 3. The zero-order chi connectivity index (χ0) is 13.0. The molecule has 0 spiro atoms. The van der Waals surface area contributed by atoms with Gasteiger partial charge in [0, 0.05) is 19.2 Å². The molecule has 0 heterocycles. The van der Waals surface area contributed by atoms with E-state index in [0.717, 1.165) is 4.90 Å². The standard InChI is InChI=1S/C11H9F3N2O/c1-16(4-2-3-15)11(17)7-5-8(12)10(14)9(13)6-7/h5-6H,2,4H2,1H3. The van der Waals surface area contributed by atoms with E-state index in [1.807, 2.05) is 6.07 Å². The molecule has 3 nitrogen and oxygen atoms in total. The molecule has 0 aromatic heterocycles. The van der Waals surface area contributed by atoms with Crippen LogP contribution in [0, 0.1) is 28.8 Å². The average molecular weight is 242 g/mol. The Morgan fingerprint density at radius 2 is 1.88 bits per heavy atom. The van der Waals surface area contributed by atoms with Crippen molar-refractivity contribution in [1.82, 2.24) is 4.90 Å². The highest BCUT2D eigenvalue weighted by atomic mass is 19.2. The van der Waals surface area contributed by atoms with Gasteiger partial charge in [-0.25, -0.2) is 13.2 Å². The molecule has 0 radical (unpaired) electrons. The number of benzene rings is 1. The van der Waals surface area contributed by atoms with E-state index in [-0.39, 0.29) is 18.5 Å². The highest BCUT2D eigenvalue weighted by Crippen LogP contribution is 2.14. The summed E-state index contributed by atoms with van der Waals surface area (Å²) in [5.74, 6) is -5.11. The maximum atomic E-state index is 12.9. The molecule has 0 N–H and O–H groups in total. The minimum absolute atomic E-state index is 0.106. The molecule has 6 heteroatoms. The first-order valence-electron chi connectivity index (χ1n) is 4.74. The van der Waals surface area contributed by atoms with E-state index in [1.165, 1.54) is 7.05 Å². The minimum Gasteiger partial charge on any atom is -0.341 e. The first kappa shape index (κ1) is 13.0. The molecule has 0 saturated carbocycles. The van der Waals surface area contributed by atoms with Crippen LogP contribution in [-0.2, 0) is 0 Å². The topological polar surface area (TPSA) is 44.1 Å². The number of hydrogen-bond donors (Lipinski definition) is 0. The summed E-state index contributed by atoms with van der Waals surface area (Å²) in [6, 6.07) is 3.09. The normalized spacial score (nSPS) is 9.82. The van der Waals surface area contributed by atoms with Crippen LogP contribution in [0.15, 0.2) is 12.1 Å². The van der Waals surface area contributed by atoms with Crippen molar-refractivity contribution < 1.29 is 18.0 Å². The largest absolute Gasteiger partial charge is 0.341 e. The lowest BCUT2D eigenvalue weighted by Gasteiger charge is -2.15. The molecular formula is C11H9F3N2O. The van der Waals surface area contributed by atoms with Crippen molar-refractivity contribution in [2.24, 2.45) is 0 Å². The predicted octanol–water partition coefficient (Wildman–Crippen LogP) is 2.09. The Morgan fingerprint density at radius 3 is 2.35 bits per heavy atom. The summed E-state index contributed by atoms with van der Waals surface area (Å²) in [5, 5.41) is 8.33. The van der Waals surface area contributed by atoms with Crippen LogP contribution in [0.1, 0.15) is 16.8 Å². The Bertz CT molecular complexity index is 459. The lowest BCUT2D eigenvalue weighted by atomic mass is 10.2. The summed E-state index contributed by atoms with van der Waals surface area (Å²) in [6.07, 6.45) is 0.106. The number of nitrogens with zero attached hydrogens (tertiary/aromatic N) is 2. The van der Waals surface area contributed by atoms with E-state index >= 15 is 0 Å². The summed E-state index contributed by atoms with van der Waals surface area (Å²) in [4.78, 5) is 12.8. The summed E-state index contributed by atoms with van der Waals surface area (Å²) < 4.78 is 38.4. The van der Waals surface area contributed by atoms with Gasteiger partial charge in [-0.1, -0.05) is 0 Å². The fourth-order valence-electron chi connectivity index (χ4n) is 1.22. The maximum absolute atomic E-state index is 12.9. The van der Waals surface area contributed by atoms with Crippen LogP contribution in [-0.4, -0.2) is 24.4 Å². The number of rotatable bonds is 3. The van der Waals surface area contributed by atoms with E-state index in [4.69, 9.17) is 5.26 Å². The molecule has 0 fully saturated rings. The molecule has 1 aromatic carbocycles. The fourth-order valence-corrected chi connectivity index (χ4v) is 1.22. The Hall–Kier alpha value is -2.03. The third kappa shape index (κ3) is 2.97. The zero-order valence-corrected chi connectivity index (χ0v) is 9.01. The monoisotopic (exact) mass is 242 g/mol. The van der Waals surface area contributed by atoms with E-state index < -0.39 is 23.4 Å². The molecule has 0 bridgehead atoms. The molecule has 0 unspecified atom stereocenters. The molecule has 0 aliphatic carbocycles. The van der Waals surface area contributed by atoms with Crippen LogP contribution >= 0.6 is 0 Å². The van der Waals surface area contributed by atoms with Gasteiger partial charge in [0.05, 0.1) is 12.5 Å². The number of carbonyl (C=O) groups excluding carboxylic acids is 1. The van der Waals surface area contributed by atoms with Crippen molar-refractivity contribution in [3.63, 3.8) is 0 Å². The molecule has 1 rings (SSSR count). The van der Waals surface area contributed by atoms with Gasteiger partial charge in [0.15, 0.2) is 17.5 Å². The van der Waals surface area contributed by atoms with Crippen LogP contribution in [0.2, 0.25) is 0 Å². The first-order valence-corrected chi connectivity index (χ1v) is 4.74. The van der Waals surface area contributed by atoms with Crippen molar-refractivity contribution in [3.05, 3.63) is 35.1 Å². The van der Waals surface area contributed by atoms with Gasteiger partial charge in [-0.15, -0.1) is 0 Å². The van der Waals surface area contributed by atoms with Gasteiger partial charge < -0.3 is 4.90 Å². The van der Waals surface area contributed by atoms with Crippen molar-refractivity contribution in [1.29, 1.82) is 5.26 Å². The highest BCUT2D eigenvalue weighted by Gasteiger charge is 2.17. The number of carbonyl (C=O) groups is 1. The minimum atomic E-state index is -1.61. The number of nitriles is 1. The van der Waals surface area contributed by atoms with Gasteiger partial charge in [-0.2, -0.15) is 5.26 Å². The van der Waals surface area contributed by atoms with Crippen LogP contribution in [0.4, 0.5) is 13.2 Å². The SMILES string of the molecule is CN(CCC#N)C(=O)c1cc(F)c(F)c(F)c1. The summed E-state index contributed by atoms with van der Waals surface area (Å²) in [7, 11) is 1.39. The lowest BCUT2D eigenvalue weighted by Crippen LogP contribution is -2.27. The second-order valence-corrected chi connectivity index (χ2v) is 3.39. The quantitative estimate of drug-likeness (QED) is 0.762. The van der Waals surface area contributed by atoms with Gasteiger partial charge in [-0.05, 0) is 12.1 Å². The first-order chi connectivity index (χ1) is 7.97. The Kier molecular flexibility index (Phi) is 4.10. The third-order valence-electron chi connectivity index (χ3n) is 2.14. The summed E-state index contributed by atoms with van der Waals surface area (Å²) >= 11 is 0. The average Bonchev–Trinajstić information content (AvgIpc) is 2.31. The Balaban J connectivity index is 2.94. The molecular weight excluding hydrogens is 233 g/mol. The molecule has 0 saturated heterocycles. The van der Waals surface area contributed by atoms with Gasteiger partial charge in [0.25, 0.3) is 5.91 Å². The van der Waals surface area contributed by atoms with Crippen LogP contribution in [0.5, 0.6) is 0 Å². The molecule has 1 aromatic rings. The van der Waals surface area contributed by atoms with Gasteiger partial charge in [0.2, 0.25) is 0 Å². The number of hydrogen-bond acceptors (Lipinski definition) is 2. The van der Waals surface area contributed by atoms with Gasteiger partial charge in [-0.3, -0.25) is 4.79 Å².